The van der Waals surface area contributed by atoms with Crippen LogP contribution in [0.4, 0.5) is 0 Å². The topological polar surface area (TPSA) is 85.5 Å². The molecule has 1 aromatic heterocycles. The lowest BCUT2D eigenvalue weighted by Crippen LogP contribution is -1.97. The van der Waals surface area contributed by atoms with Gasteiger partial charge < -0.3 is 14.3 Å². The molecule has 1 aromatic carbocycles. The Morgan fingerprint density at radius 2 is 2.30 bits per heavy atom. The molecule has 0 aliphatic rings. The number of thioether (sulfide) groups is 1. The number of hydrogen-bond acceptors (Lipinski definition) is 6. The first-order valence-corrected chi connectivity index (χ1v) is 7.45. The molecule has 20 heavy (non-hydrogen) atoms. The number of aliphatic carboxylic acids is 1. The van der Waals surface area contributed by atoms with Gasteiger partial charge in [0, 0.05) is 5.02 Å². The van der Waals surface area contributed by atoms with Crippen molar-refractivity contribution in [2.45, 2.75) is 11.8 Å². The second-order valence-corrected chi connectivity index (χ2v) is 5.72. The molecule has 2 rings (SSSR count). The molecule has 0 atom stereocenters. The van der Waals surface area contributed by atoms with Crippen LogP contribution in [-0.4, -0.2) is 27.0 Å². The normalized spacial score (nSPS) is 10.5. The van der Waals surface area contributed by atoms with Gasteiger partial charge in [0.15, 0.2) is 6.61 Å². The van der Waals surface area contributed by atoms with Gasteiger partial charge in [-0.15, -0.1) is 10.2 Å². The molecule has 0 fully saturated rings. The third kappa shape index (κ3) is 4.39. The molecule has 0 bridgehead atoms. The maximum Gasteiger partial charge on any atom is 0.314 e. The number of aromatic nitrogens is 2. The lowest BCUT2D eigenvalue weighted by Gasteiger charge is -2.05. The third-order valence-corrected chi connectivity index (χ3v) is 3.67. The molecule has 0 aliphatic carbocycles. The van der Waals surface area contributed by atoms with Crippen LogP contribution in [0.5, 0.6) is 5.75 Å². The van der Waals surface area contributed by atoms with Crippen molar-refractivity contribution in [1.82, 2.24) is 10.2 Å². The molecule has 0 radical (unpaired) electrons. The fourth-order valence-corrected chi connectivity index (χ4v) is 2.51. The van der Waals surface area contributed by atoms with Crippen molar-refractivity contribution in [3.05, 3.63) is 33.6 Å². The van der Waals surface area contributed by atoms with Crippen molar-refractivity contribution in [1.29, 1.82) is 0 Å². The van der Waals surface area contributed by atoms with Crippen molar-refractivity contribution >= 4 is 45.3 Å². The van der Waals surface area contributed by atoms with E-state index in [1.807, 2.05) is 0 Å². The van der Waals surface area contributed by atoms with Crippen LogP contribution in [0.25, 0.3) is 0 Å². The van der Waals surface area contributed by atoms with Crippen molar-refractivity contribution in [2.75, 3.05) is 5.75 Å². The Morgan fingerprint density at radius 3 is 3.00 bits per heavy atom. The smallest absolute Gasteiger partial charge is 0.314 e. The van der Waals surface area contributed by atoms with Gasteiger partial charge in [0.05, 0.1) is 4.47 Å². The first-order chi connectivity index (χ1) is 9.54. The van der Waals surface area contributed by atoms with E-state index in [0.717, 1.165) is 11.8 Å². The predicted molar refractivity (Wildman–Crippen MR) is 76.1 cm³/mol. The number of ether oxygens (including phenoxy) is 1. The number of benzene rings is 1. The number of hydrogen-bond donors (Lipinski definition) is 1. The molecule has 1 N–H and O–H groups in total. The zero-order valence-corrected chi connectivity index (χ0v) is 13.0. The summed E-state index contributed by atoms with van der Waals surface area (Å²) in [4.78, 5) is 10.4. The second kappa shape index (κ2) is 6.96. The van der Waals surface area contributed by atoms with Crippen molar-refractivity contribution in [2.24, 2.45) is 0 Å². The van der Waals surface area contributed by atoms with Crippen LogP contribution in [0, 0.1) is 0 Å². The van der Waals surface area contributed by atoms with Crippen LogP contribution >= 0.6 is 39.3 Å². The summed E-state index contributed by atoms with van der Waals surface area (Å²) in [5.74, 6) is -0.228. The van der Waals surface area contributed by atoms with Gasteiger partial charge in [0.1, 0.15) is 11.5 Å². The summed E-state index contributed by atoms with van der Waals surface area (Å²) in [6.07, 6.45) is 0. The van der Waals surface area contributed by atoms with E-state index in [-0.39, 0.29) is 23.5 Å². The van der Waals surface area contributed by atoms with Crippen LogP contribution in [0.3, 0.4) is 0 Å². The highest BCUT2D eigenvalue weighted by atomic mass is 79.9. The van der Waals surface area contributed by atoms with E-state index in [0.29, 0.717) is 15.2 Å². The SMILES string of the molecule is O=C(O)CSc1nnc(COc2ccc(Cl)cc2Br)o1. The van der Waals surface area contributed by atoms with E-state index in [1.54, 1.807) is 18.2 Å². The monoisotopic (exact) mass is 378 g/mol. The molecule has 6 nitrogen and oxygen atoms in total. The van der Waals surface area contributed by atoms with Crippen molar-refractivity contribution < 1.29 is 19.1 Å². The summed E-state index contributed by atoms with van der Waals surface area (Å²) in [5, 5.41) is 16.8. The van der Waals surface area contributed by atoms with E-state index in [1.165, 1.54) is 0 Å². The summed E-state index contributed by atoms with van der Waals surface area (Å²) in [6, 6.07) is 5.12. The minimum absolute atomic E-state index is 0.0842. The van der Waals surface area contributed by atoms with E-state index < -0.39 is 5.97 Å². The molecule has 0 aliphatic heterocycles. The molecule has 0 spiro atoms. The minimum atomic E-state index is -0.948. The predicted octanol–water partition coefficient (Wildman–Crippen LogP) is 3.24. The highest BCUT2D eigenvalue weighted by Crippen LogP contribution is 2.28. The van der Waals surface area contributed by atoms with Gasteiger partial charge >= 0.3 is 5.97 Å². The molecule has 0 saturated heterocycles. The van der Waals surface area contributed by atoms with Gasteiger partial charge in [-0.3, -0.25) is 4.79 Å². The summed E-state index contributed by atoms with van der Waals surface area (Å²) in [6.45, 7) is 0.0842. The molecule has 0 saturated carbocycles. The lowest BCUT2D eigenvalue weighted by atomic mass is 10.3. The van der Waals surface area contributed by atoms with E-state index in [4.69, 9.17) is 25.9 Å². The maximum atomic E-state index is 10.4. The Hall–Kier alpha value is -1.25. The number of carbonyl (C=O) groups is 1. The zero-order valence-electron chi connectivity index (χ0n) is 9.88. The first kappa shape index (κ1) is 15.1. The Morgan fingerprint density at radius 1 is 1.50 bits per heavy atom. The summed E-state index contributed by atoms with van der Waals surface area (Å²) >= 11 is 10.1. The Labute approximate surface area is 131 Å². The Bertz CT molecular complexity index is 622. The fraction of sp³-hybridized carbons (Fsp3) is 0.182. The first-order valence-electron chi connectivity index (χ1n) is 5.29. The summed E-state index contributed by atoms with van der Waals surface area (Å²) in [5.41, 5.74) is 0. The number of carboxylic acid groups (broad SMARTS) is 1. The van der Waals surface area contributed by atoms with Crippen molar-refractivity contribution in [3.8, 4) is 5.75 Å². The average molecular weight is 380 g/mol. The van der Waals surface area contributed by atoms with Crippen LogP contribution in [0.2, 0.25) is 5.02 Å². The highest BCUT2D eigenvalue weighted by Gasteiger charge is 2.10. The Kier molecular flexibility index (Phi) is 5.27. The van der Waals surface area contributed by atoms with Crippen LogP contribution in [0.15, 0.2) is 32.3 Å². The molecule has 0 unspecified atom stereocenters. The second-order valence-electron chi connectivity index (χ2n) is 3.51. The minimum Gasteiger partial charge on any atom is -0.483 e. The van der Waals surface area contributed by atoms with Gasteiger partial charge in [0.25, 0.3) is 11.1 Å². The molecule has 9 heteroatoms. The maximum absolute atomic E-state index is 10.4. The number of rotatable bonds is 6. The van der Waals surface area contributed by atoms with Crippen molar-refractivity contribution in [3.63, 3.8) is 0 Å². The van der Waals surface area contributed by atoms with Gasteiger partial charge in [0.2, 0.25) is 0 Å². The largest absolute Gasteiger partial charge is 0.483 e. The quantitative estimate of drug-likeness (QED) is 0.771. The lowest BCUT2D eigenvalue weighted by molar-refractivity contribution is -0.133. The molecular formula is C11H8BrClN2O4S. The molecule has 106 valence electrons. The molecule has 0 amide bonds. The van der Waals surface area contributed by atoms with E-state index in [9.17, 15) is 4.79 Å². The molecular weight excluding hydrogens is 372 g/mol. The Balaban J connectivity index is 1.92. The van der Waals surface area contributed by atoms with Crippen LogP contribution in [0.1, 0.15) is 5.89 Å². The molecule has 2 aromatic rings. The third-order valence-electron chi connectivity index (χ3n) is 2.01. The van der Waals surface area contributed by atoms with Gasteiger partial charge in [-0.05, 0) is 34.1 Å². The standard InChI is InChI=1S/C11H8BrClN2O4S/c12-7-3-6(13)1-2-8(7)18-4-9-14-15-11(19-9)20-5-10(16)17/h1-3H,4-5H2,(H,16,17). The number of halogens is 2. The number of carboxylic acids is 1. The average Bonchev–Trinajstić information content (AvgIpc) is 2.83. The summed E-state index contributed by atoms with van der Waals surface area (Å²) in [7, 11) is 0. The summed E-state index contributed by atoms with van der Waals surface area (Å²) < 4.78 is 11.4. The highest BCUT2D eigenvalue weighted by molar-refractivity contribution is 9.10. The van der Waals surface area contributed by atoms with Crippen LogP contribution < -0.4 is 4.74 Å². The zero-order chi connectivity index (χ0) is 14.5. The number of nitrogens with zero attached hydrogens (tertiary/aromatic N) is 2. The molecule has 1 heterocycles. The van der Waals surface area contributed by atoms with Gasteiger partial charge in [-0.1, -0.05) is 23.4 Å². The van der Waals surface area contributed by atoms with E-state index in [2.05, 4.69) is 26.1 Å². The fourth-order valence-electron chi connectivity index (χ4n) is 1.21. The van der Waals surface area contributed by atoms with Gasteiger partial charge in [-0.2, -0.15) is 0 Å². The van der Waals surface area contributed by atoms with Gasteiger partial charge in [-0.25, -0.2) is 0 Å². The van der Waals surface area contributed by atoms with E-state index >= 15 is 0 Å². The van der Waals surface area contributed by atoms with Crippen LogP contribution in [-0.2, 0) is 11.4 Å².